The normalized spacial score (nSPS) is 15.6. The Balaban J connectivity index is 1.50. The monoisotopic (exact) mass is 637 g/mol. The van der Waals surface area contributed by atoms with Gasteiger partial charge in [-0.05, 0) is 68.1 Å². The summed E-state index contributed by atoms with van der Waals surface area (Å²) in [7, 11) is -4.36. The lowest BCUT2D eigenvalue weighted by atomic mass is 9.95. The lowest BCUT2D eigenvalue weighted by Crippen LogP contribution is -2.54. The van der Waals surface area contributed by atoms with Crippen LogP contribution in [0.3, 0.4) is 0 Å². The van der Waals surface area contributed by atoms with Crippen molar-refractivity contribution in [3.63, 3.8) is 0 Å². The third-order valence-electron chi connectivity index (χ3n) is 8.27. The molecule has 0 unspecified atom stereocenters. The molecule has 0 bridgehead atoms. The van der Waals surface area contributed by atoms with Crippen LogP contribution in [0.5, 0.6) is 11.5 Å². The molecule has 1 atom stereocenters. The SMILES string of the molecule is CC[C@H](C(=O)NC1CCCCC1)N(Cc1cccc(C)c1)C(=O)CN(c1ccc(F)cc1)S(=O)(=O)c1ccc2c(c1)OCCO2. The summed E-state index contributed by atoms with van der Waals surface area (Å²) < 4.78 is 54.4. The van der Waals surface area contributed by atoms with Crippen LogP contribution in [-0.2, 0) is 26.2 Å². The first-order valence-electron chi connectivity index (χ1n) is 15.5. The molecule has 9 nitrogen and oxygen atoms in total. The fraction of sp³-hybridized carbons (Fsp3) is 0.412. The summed E-state index contributed by atoms with van der Waals surface area (Å²) >= 11 is 0. The number of nitrogens with one attached hydrogen (secondary N) is 1. The van der Waals surface area contributed by atoms with E-state index >= 15 is 0 Å². The Morgan fingerprint density at radius 2 is 1.67 bits per heavy atom. The van der Waals surface area contributed by atoms with Crippen LogP contribution in [0.1, 0.15) is 56.6 Å². The third-order valence-corrected chi connectivity index (χ3v) is 10.0. The minimum Gasteiger partial charge on any atom is -0.486 e. The molecule has 0 aromatic heterocycles. The standard InChI is InChI=1S/C34H40FN3O6S/c1-3-30(34(40)36-27-10-5-4-6-11-27)37(22-25-9-7-8-24(2)20-25)33(39)23-38(28-14-12-26(35)13-15-28)45(41,42)29-16-17-31-32(21-29)44-19-18-43-31/h7-9,12-17,20-21,27,30H,3-6,10-11,18-19,22-23H2,1-2H3,(H,36,40)/t30-/m1/s1. The topological polar surface area (TPSA) is 105 Å². The molecule has 11 heteroatoms. The average Bonchev–Trinajstić information content (AvgIpc) is 3.04. The molecule has 0 saturated heterocycles. The molecule has 5 rings (SSSR count). The van der Waals surface area contributed by atoms with Crippen LogP contribution in [0.15, 0.2) is 71.6 Å². The fourth-order valence-electron chi connectivity index (χ4n) is 5.92. The predicted octanol–water partition coefficient (Wildman–Crippen LogP) is 5.36. The Labute approximate surface area is 264 Å². The second kappa shape index (κ2) is 14.3. The smallest absolute Gasteiger partial charge is 0.264 e. The van der Waals surface area contributed by atoms with Gasteiger partial charge in [-0.1, -0.05) is 56.0 Å². The summed E-state index contributed by atoms with van der Waals surface area (Å²) in [5.74, 6) is -0.669. The number of carbonyl (C=O) groups is 2. The molecule has 2 amide bonds. The molecule has 0 radical (unpaired) electrons. The number of hydrogen-bond donors (Lipinski definition) is 1. The van der Waals surface area contributed by atoms with E-state index in [1.165, 1.54) is 35.2 Å². The number of aryl methyl sites for hydroxylation is 1. The Hall–Kier alpha value is -4.12. The van der Waals surface area contributed by atoms with Gasteiger partial charge in [0.05, 0.1) is 10.6 Å². The summed E-state index contributed by atoms with van der Waals surface area (Å²) in [5, 5.41) is 3.15. The molecule has 1 aliphatic carbocycles. The zero-order valence-electron chi connectivity index (χ0n) is 25.7. The molecule has 45 heavy (non-hydrogen) atoms. The van der Waals surface area contributed by atoms with Gasteiger partial charge in [0.15, 0.2) is 11.5 Å². The van der Waals surface area contributed by atoms with E-state index < -0.39 is 34.3 Å². The van der Waals surface area contributed by atoms with Gasteiger partial charge < -0.3 is 19.7 Å². The Morgan fingerprint density at radius 3 is 2.36 bits per heavy atom. The highest BCUT2D eigenvalue weighted by Crippen LogP contribution is 2.34. The minimum absolute atomic E-state index is 0.0440. The van der Waals surface area contributed by atoms with Gasteiger partial charge in [-0.2, -0.15) is 0 Å². The van der Waals surface area contributed by atoms with E-state index in [0.29, 0.717) is 18.8 Å². The minimum atomic E-state index is -4.36. The van der Waals surface area contributed by atoms with E-state index in [1.807, 2.05) is 38.1 Å². The molecule has 1 heterocycles. The first-order chi connectivity index (χ1) is 21.7. The third kappa shape index (κ3) is 7.76. The van der Waals surface area contributed by atoms with Crippen molar-refractivity contribution in [2.24, 2.45) is 0 Å². The molecule has 3 aromatic rings. The number of rotatable bonds is 11. The van der Waals surface area contributed by atoms with E-state index in [1.54, 1.807) is 0 Å². The number of amides is 2. The second-order valence-electron chi connectivity index (χ2n) is 11.6. The number of nitrogens with zero attached hydrogens (tertiary/aromatic N) is 2. The van der Waals surface area contributed by atoms with Gasteiger partial charge in [0.1, 0.15) is 31.6 Å². The highest BCUT2D eigenvalue weighted by molar-refractivity contribution is 7.92. The molecule has 1 aliphatic heterocycles. The highest BCUT2D eigenvalue weighted by atomic mass is 32.2. The summed E-state index contributed by atoms with van der Waals surface area (Å²) in [6.45, 7) is 3.90. The molecule has 1 fully saturated rings. The molecular formula is C34H40FN3O6S. The van der Waals surface area contributed by atoms with Crippen molar-refractivity contribution >= 4 is 27.5 Å². The predicted molar refractivity (Wildman–Crippen MR) is 169 cm³/mol. The van der Waals surface area contributed by atoms with Crippen molar-refractivity contribution < 1.29 is 31.9 Å². The highest BCUT2D eigenvalue weighted by Gasteiger charge is 2.35. The second-order valence-corrected chi connectivity index (χ2v) is 13.4. The molecule has 1 N–H and O–H groups in total. The van der Waals surface area contributed by atoms with E-state index in [2.05, 4.69) is 5.32 Å². The van der Waals surface area contributed by atoms with Crippen LogP contribution < -0.4 is 19.1 Å². The summed E-state index contributed by atoms with van der Waals surface area (Å²) in [6, 6.07) is 16.0. The van der Waals surface area contributed by atoms with Crippen molar-refractivity contribution in [3.8, 4) is 11.5 Å². The van der Waals surface area contributed by atoms with Crippen molar-refractivity contribution in [2.75, 3.05) is 24.1 Å². The van der Waals surface area contributed by atoms with Crippen molar-refractivity contribution in [1.82, 2.24) is 10.2 Å². The molecule has 2 aliphatic rings. The first-order valence-corrected chi connectivity index (χ1v) is 16.9. The molecule has 3 aromatic carbocycles. The molecule has 240 valence electrons. The van der Waals surface area contributed by atoms with Crippen molar-refractivity contribution in [3.05, 3.63) is 83.7 Å². The summed E-state index contributed by atoms with van der Waals surface area (Å²) in [6.07, 6.45) is 5.33. The van der Waals surface area contributed by atoms with Crippen LogP contribution in [0.2, 0.25) is 0 Å². The van der Waals surface area contributed by atoms with Crippen LogP contribution in [-0.4, -0.2) is 57.0 Å². The Morgan fingerprint density at radius 1 is 0.956 bits per heavy atom. The van der Waals surface area contributed by atoms with Gasteiger partial charge in [-0.3, -0.25) is 13.9 Å². The van der Waals surface area contributed by atoms with Crippen LogP contribution in [0.25, 0.3) is 0 Å². The number of ether oxygens (including phenoxy) is 2. The Bertz CT molecular complexity index is 1610. The lowest BCUT2D eigenvalue weighted by molar-refractivity contribution is -0.140. The van der Waals surface area contributed by atoms with Gasteiger partial charge in [0.2, 0.25) is 11.8 Å². The van der Waals surface area contributed by atoms with E-state index in [0.717, 1.165) is 59.7 Å². The summed E-state index contributed by atoms with van der Waals surface area (Å²) in [4.78, 5) is 29.3. The Kier molecular flexibility index (Phi) is 10.3. The number of halogens is 1. The number of carbonyl (C=O) groups excluding carboxylic acids is 2. The lowest BCUT2D eigenvalue weighted by Gasteiger charge is -2.34. The zero-order valence-corrected chi connectivity index (χ0v) is 26.5. The van der Waals surface area contributed by atoms with Crippen LogP contribution in [0, 0.1) is 12.7 Å². The molecule has 1 saturated carbocycles. The van der Waals surface area contributed by atoms with Crippen molar-refractivity contribution in [2.45, 2.75) is 75.9 Å². The largest absolute Gasteiger partial charge is 0.486 e. The average molecular weight is 638 g/mol. The van der Waals surface area contributed by atoms with Crippen LogP contribution >= 0.6 is 0 Å². The number of hydrogen-bond acceptors (Lipinski definition) is 6. The number of sulfonamides is 1. The number of anilines is 1. The zero-order chi connectivity index (χ0) is 32.0. The van der Waals surface area contributed by atoms with Gasteiger partial charge in [-0.25, -0.2) is 12.8 Å². The quantitative estimate of drug-likeness (QED) is 0.304. The van der Waals surface area contributed by atoms with Crippen molar-refractivity contribution in [1.29, 1.82) is 0 Å². The number of benzene rings is 3. The van der Waals surface area contributed by atoms with E-state index in [-0.39, 0.29) is 41.4 Å². The molecular weight excluding hydrogens is 597 g/mol. The number of fused-ring (bicyclic) bond motifs is 1. The van der Waals surface area contributed by atoms with Crippen LogP contribution in [0.4, 0.5) is 10.1 Å². The first kappa shape index (κ1) is 32.3. The molecule has 0 spiro atoms. The van der Waals surface area contributed by atoms with Gasteiger partial charge in [0, 0.05) is 18.7 Å². The van der Waals surface area contributed by atoms with E-state index in [9.17, 15) is 22.4 Å². The van der Waals surface area contributed by atoms with E-state index in [4.69, 9.17) is 9.47 Å². The van der Waals surface area contributed by atoms with Gasteiger partial charge in [0.25, 0.3) is 10.0 Å². The van der Waals surface area contributed by atoms with Gasteiger partial charge in [-0.15, -0.1) is 0 Å². The maximum absolute atomic E-state index is 14.3. The van der Waals surface area contributed by atoms with Gasteiger partial charge >= 0.3 is 0 Å². The maximum Gasteiger partial charge on any atom is 0.264 e. The fourth-order valence-corrected chi connectivity index (χ4v) is 7.35. The maximum atomic E-state index is 14.3. The summed E-state index contributed by atoms with van der Waals surface area (Å²) in [5.41, 5.74) is 1.92.